The fourth-order valence-electron chi connectivity index (χ4n) is 4.04. The Kier molecular flexibility index (Phi) is 5.35. The van der Waals surface area contributed by atoms with Crippen molar-refractivity contribution in [1.82, 2.24) is 20.2 Å². The van der Waals surface area contributed by atoms with E-state index >= 15 is 0 Å². The van der Waals surface area contributed by atoms with Crippen LogP contribution in [0.1, 0.15) is 26.5 Å². The molecule has 2 amide bonds. The van der Waals surface area contributed by atoms with Gasteiger partial charge in [-0.2, -0.15) is 0 Å². The van der Waals surface area contributed by atoms with Crippen molar-refractivity contribution in [3.05, 3.63) is 65.2 Å². The molecule has 170 valence electrons. The molecule has 0 bridgehead atoms. The number of allylic oxidation sites excluding steroid dienone is 2. The maximum absolute atomic E-state index is 12.2. The molecule has 9 heteroatoms. The van der Waals surface area contributed by atoms with Crippen molar-refractivity contribution in [2.75, 3.05) is 7.05 Å². The van der Waals surface area contributed by atoms with Gasteiger partial charge in [0.15, 0.2) is 0 Å². The highest BCUT2D eigenvalue weighted by molar-refractivity contribution is 7.25. The number of thiazole rings is 1. The summed E-state index contributed by atoms with van der Waals surface area (Å²) in [5.74, 6) is 1.53. The molecule has 7 nitrogen and oxygen atoms in total. The molecule has 33 heavy (non-hydrogen) atoms. The van der Waals surface area contributed by atoms with Crippen LogP contribution in [0, 0.1) is 5.92 Å². The van der Waals surface area contributed by atoms with Crippen molar-refractivity contribution < 1.29 is 14.6 Å². The maximum atomic E-state index is 12.2. The van der Waals surface area contributed by atoms with Gasteiger partial charge >= 0.3 is 6.03 Å². The Morgan fingerprint density at radius 3 is 2.88 bits per heavy atom. The molecule has 0 spiro atoms. The molecular formula is C24H24N4O3S2. The molecule has 0 radical (unpaired) electrons. The summed E-state index contributed by atoms with van der Waals surface area (Å²) >= 11 is 3.08. The number of carbonyl (C=O) groups excluding carboxylic acids is 1. The topological polar surface area (TPSA) is 87.6 Å². The molecule has 1 aliphatic heterocycles. The number of fused-ring (bicyclic) bond motifs is 2. The van der Waals surface area contributed by atoms with E-state index in [0.29, 0.717) is 5.69 Å². The van der Waals surface area contributed by atoms with Crippen molar-refractivity contribution in [2.24, 2.45) is 5.92 Å². The van der Waals surface area contributed by atoms with Gasteiger partial charge < -0.3 is 15.2 Å². The third kappa shape index (κ3) is 3.96. The Balaban J connectivity index is 1.42. The Morgan fingerprint density at radius 2 is 2.15 bits per heavy atom. The number of aliphatic hydroxyl groups is 1. The number of nitrogens with one attached hydrogen (secondary N) is 1. The summed E-state index contributed by atoms with van der Waals surface area (Å²) in [6, 6.07) is 3.71. The number of carbonyl (C=O) groups is 1. The van der Waals surface area contributed by atoms with Crippen molar-refractivity contribution in [3.63, 3.8) is 0 Å². The molecule has 3 aromatic rings. The molecule has 0 aromatic carbocycles. The smallest absolute Gasteiger partial charge is 0.321 e. The highest BCUT2D eigenvalue weighted by atomic mass is 32.1. The number of pyridine rings is 1. The highest BCUT2D eigenvalue weighted by Crippen LogP contribution is 2.41. The van der Waals surface area contributed by atoms with Crippen molar-refractivity contribution in [1.29, 1.82) is 0 Å². The summed E-state index contributed by atoms with van der Waals surface area (Å²) in [5.41, 5.74) is 1.45. The summed E-state index contributed by atoms with van der Waals surface area (Å²) in [7, 11) is 1.64. The first-order valence-corrected chi connectivity index (χ1v) is 12.3. The fraction of sp³-hybridized carbons (Fsp3) is 0.292. The third-order valence-corrected chi connectivity index (χ3v) is 7.85. The van der Waals surface area contributed by atoms with Gasteiger partial charge in [0.1, 0.15) is 22.1 Å². The van der Waals surface area contributed by atoms with E-state index in [0.717, 1.165) is 37.3 Å². The minimum atomic E-state index is -0.976. The quantitative estimate of drug-likeness (QED) is 0.547. The second-order valence-corrected chi connectivity index (χ2v) is 10.5. The number of hydrogen-bond donors (Lipinski definition) is 2. The Hall–Kier alpha value is -3.01. The predicted molar refractivity (Wildman–Crippen MR) is 131 cm³/mol. The highest BCUT2D eigenvalue weighted by Gasteiger charge is 2.35. The van der Waals surface area contributed by atoms with Gasteiger partial charge in [0.25, 0.3) is 0 Å². The van der Waals surface area contributed by atoms with Crippen LogP contribution in [-0.2, 0) is 5.60 Å². The lowest BCUT2D eigenvalue weighted by Gasteiger charge is -2.28. The van der Waals surface area contributed by atoms with E-state index in [-0.39, 0.29) is 18.0 Å². The molecule has 0 saturated heterocycles. The summed E-state index contributed by atoms with van der Waals surface area (Å²) < 4.78 is 7.22. The molecule has 1 aliphatic carbocycles. The van der Waals surface area contributed by atoms with E-state index in [1.165, 1.54) is 11.3 Å². The normalized spacial score (nSPS) is 20.0. The van der Waals surface area contributed by atoms with Crippen LogP contribution in [0.2, 0.25) is 0 Å². The zero-order chi connectivity index (χ0) is 23.3. The first-order chi connectivity index (χ1) is 15.7. The number of amides is 2. The van der Waals surface area contributed by atoms with Crippen LogP contribution in [0.25, 0.3) is 20.1 Å². The molecule has 4 heterocycles. The lowest BCUT2D eigenvalue weighted by Crippen LogP contribution is -2.42. The Labute approximate surface area is 199 Å². The SMILES string of the molecule is CNC(=O)N1C(C)=CC2C=C(Oc3ccnc4cc(-c5nc(C(C)(C)O)cs5)sc34)C=CC21. The monoisotopic (exact) mass is 480 g/mol. The van der Waals surface area contributed by atoms with Crippen LogP contribution in [0.15, 0.2) is 59.5 Å². The van der Waals surface area contributed by atoms with Gasteiger partial charge in [0.2, 0.25) is 0 Å². The first-order valence-electron chi connectivity index (χ1n) is 10.6. The van der Waals surface area contributed by atoms with E-state index < -0.39 is 5.60 Å². The number of rotatable bonds is 4. The van der Waals surface area contributed by atoms with Crippen LogP contribution < -0.4 is 10.1 Å². The van der Waals surface area contributed by atoms with E-state index in [2.05, 4.69) is 21.4 Å². The molecule has 2 N–H and O–H groups in total. The van der Waals surface area contributed by atoms with Crippen molar-refractivity contribution in [3.8, 4) is 15.6 Å². The fourth-order valence-corrected chi connectivity index (χ4v) is 6.15. The minimum absolute atomic E-state index is 0.0435. The second kappa shape index (κ2) is 8.09. The van der Waals surface area contributed by atoms with Crippen LogP contribution in [-0.4, -0.2) is 39.1 Å². The first kappa shape index (κ1) is 21.8. The van der Waals surface area contributed by atoms with Gasteiger partial charge in [-0.05, 0) is 39.0 Å². The van der Waals surface area contributed by atoms with Crippen molar-refractivity contribution in [2.45, 2.75) is 32.4 Å². The number of aromatic nitrogens is 2. The Bertz CT molecular complexity index is 1330. The van der Waals surface area contributed by atoms with Gasteiger partial charge in [0.05, 0.1) is 26.8 Å². The molecule has 2 atom stereocenters. The van der Waals surface area contributed by atoms with Gasteiger partial charge in [-0.25, -0.2) is 9.78 Å². The lowest BCUT2D eigenvalue weighted by atomic mass is 9.96. The third-order valence-electron chi connectivity index (χ3n) is 5.70. The molecule has 3 aromatic heterocycles. The molecule has 5 rings (SSSR count). The van der Waals surface area contributed by atoms with Crippen molar-refractivity contribution >= 4 is 38.9 Å². The van der Waals surface area contributed by atoms with E-state index in [9.17, 15) is 9.90 Å². The average molecular weight is 481 g/mol. The van der Waals surface area contributed by atoms with Crippen LogP contribution in [0.4, 0.5) is 4.79 Å². The van der Waals surface area contributed by atoms with Gasteiger partial charge in [-0.3, -0.25) is 9.88 Å². The average Bonchev–Trinajstić information content (AvgIpc) is 3.49. The molecular weight excluding hydrogens is 456 g/mol. The number of urea groups is 1. The van der Waals surface area contributed by atoms with E-state index in [1.54, 1.807) is 43.3 Å². The van der Waals surface area contributed by atoms with Crippen LogP contribution in [0.5, 0.6) is 5.75 Å². The summed E-state index contributed by atoms with van der Waals surface area (Å²) in [5, 5.41) is 15.7. The lowest BCUT2D eigenvalue weighted by molar-refractivity contribution is 0.0746. The molecule has 0 fully saturated rings. The summed E-state index contributed by atoms with van der Waals surface area (Å²) in [4.78, 5) is 24.1. The van der Waals surface area contributed by atoms with Gasteiger partial charge in [0, 0.05) is 36.3 Å². The number of hydrogen-bond acceptors (Lipinski definition) is 7. The van der Waals surface area contributed by atoms with Gasteiger partial charge in [-0.15, -0.1) is 22.7 Å². The maximum Gasteiger partial charge on any atom is 0.321 e. The summed E-state index contributed by atoms with van der Waals surface area (Å²) in [6.07, 6.45) is 9.80. The molecule has 2 unspecified atom stereocenters. The number of thiophene rings is 1. The Morgan fingerprint density at radius 1 is 1.33 bits per heavy atom. The van der Waals surface area contributed by atoms with Gasteiger partial charge in [-0.1, -0.05) is 12.2 Å². The largest absolute Gasteiger partial charge is 0.456 e. The number of nitrogens with zero attached hydrogens (tertiary/aromatic N) is 3. The van der Waals surface area contributed by atoms with E-state index in [1.807, 2.05) is 42.7 Å². The number of ether oxygens (including phenoxy) is 1. The minimum Gasteiger partial charge on any atom is -0.456 e. The second-order valence-electron chi connectivity index (χ2n) is 8.56. The molecule has 2 aliphatic rings. The van der Waals surface area contributed by atoms with Crippen LogP contribution in [0.3, 0.4) is 0 Å². The predicted octanol–water partition coefficient (Wildman–Crippen LogP) is 5.02. The zero-order valence-electron chi connectivity index (χ0n) is 18.7. The molecule has 0 saturated carbocycles. The zero-order valence-corrected chi connectivity index (χ0v) is 20.3. The van der Waals surface area contributed by atoms with Crippen LogP contribution >= 0.6 is 22.7 Å². The van der Waals surface area contributed by atoms with E-state index in [4.69, 9.17) is 4.74 Å². The summed E-state index contributed by atoms with van der Waals surface area (Å²) in [6.45, 7) is 5.40. The standard InChI is InChI=1S/C24H24N4O3S2/c1-13-9-14-10-15(5-6-17(14)28(13)23(29)25-4)31-18-7-8-26-16-11-19(33-21(16)18)22-27-20(12-32-22)24(2,3)30/h5-12,14,17,30H,1-4H3,(H,25,29).